The van der Waals surface area contributed by atoms with Crippen molar-refractivity contribution in [2.45, 2.75) is 13.0 Å². The van der Waals surface area contributed by atoms with E-state index >= 15 is 0 Å². The second-order valence-corrected chi connectivity index (χ2v) is 4.73. The van der Waals surface area contributed by atoms with Crippen LogP contribution >= 0.6 is 0 Å². The van der Waals surface area contributed by atoms with Crippen LogP contribution in [0.15, 0.2) is 60.8 Å². The molecule has 0 aliphatic heterocycles. The Labute approximate surface area is 112 Å². The molecule has 0 saturated heterocycles. The smallest absolute Gasteiger partial charge is 0.0702 e. The second-order valence-electron chi connectivity index (χ2n) is 4.73. The van der Waals surface area contributed by atoms with Crippen molar-refractivity contribution in [1.29, 1.82) is 0 Å². The van der Waals surface area contributed by atoms with Gasteiger partial charge in [-0.25, -0.2) is 0 Å². The molecule has 0 atom stereocenters. The molecule has 94 valence electrons. The SMILES string of the molecule is NCc1cccc(Cc2ccc3ncccc3c2)c1. The molecule has 1 aromatic heterocycles. The van der Waals surface area contributed by atoms with E-state index in [-0.39, 0.29) is 0 Å². The lowest BCUT2D eigenvalue weighted by atomic mass is 10.0. The van der Waals surface area contributed by atoms with Crippen LogP contribution in [-0.4, -0.2) is 4.98 Å². The summed E-state index contributed by atoms with van der Waals surface area (Å²) in [6, 6.07) is 19.0. The normalized spacial score (nSPS) is 10.8. The van der Waals surface area contributed by atoms with Gasteiger partial charge in [0.2, 0.25) is 0 Å². The molecule has 2 nitrogen and oxygen atoms in total. The first-order chi connectivity index (χ1) is 9.35. The maximum Gasteiger partial charge on any atom is 0.0702 e. The molecule has 3 aromatic rings. The lowest BCUT2D eigenvalue weighted by molar-refractivity contribution is 1.06. The summed E-state index contributed by atoms with van der Waals surface area (Å²) >= 11 is 0. The molecule has 0 radical (unpaired) electrons. The number of aromatic nitrogens is 1. The van der Waals surface area contributed by atoms with E-state index in [1.54, 1.807) is 0 Å². The van der Waals surface area contributed by atoms with Crippen molar-refractivity contribution < 1.29 is 0 Å². The average Bonchev–Trinajstić information content (AvgIpc) is 2.47. The summed E-state index contributed by atoms with van der Waals surface area (Å²) < 4.78 is 0. The Bertz CT molecular complexity index is 704. The Hall–Kier alpha value is -2.19. The molecular formula is C17H16N2. The van der Waals surface area contributed by atoms with E-state index in [1.807, 2.05) is 12.3 Å². The van der Waals surface area contributed by atoms with Gasteiger partial charge in [-0.2, -0.15) is 0 Å². The topological polar surface area (TPSA) is 38.9 Å². The van der Waals surface area contributed by atoms with Gasteiger partial charge in [0, 0.05) is 18.1 Å². The van der Waals surface area contributed by atoms with Crippen molar-refractivity contribution in [2.75, 3.05) is 0 Å². The van der Waals surface area contributed by atoms with E-state index in [2.05, 4.69) is 53.5 Å². The van der Waals surface area contributed by atoms with Crippen molar-refractivity contribution in [2.24, 2.45) is 5.73 Å². The van der Waals surface area contributed by atoms with Crippen LogP contribution in [0.5, 0.6) is 0 Å². The fourth-order valence-corrected chi connectivity index (χ4v) is 2.34. The van der Waals surface area contributed by atoms with Crippen LogP contribution in [0.25, 0.3) is 10.9 Å². The minimum atomic E-state index is 0.593. The average molecular weight is 248 g/mol. The fraction of sp³-hybridized carbons (Fsp3) is 0.118. The first-order valence-corrected chi connectivity index (χ1v) is 6.47. The van der Waals surface area contributed by atoms with Crippen LogP contribution < -0.4 is 5.73 Å². The van der Waals surface area contributed by atoms with E-state index in [1.165, 1.54) is 22.1 Å². The molecule has 2 aromatic carbocycles. The Kier molecular flexibility index (Phi) is 3.25. The maximum atomic E-state index is 5.68. The lowest BCUT2D eigenvalue weighted by Gasteiger charge is -2.05. The summed E-state index contributed by atoms with van der Waals surface area (Å²) in [7, 11) is 0. The molecular weight excluding hydrogens is 232 g/mol. The predicted molar refractivity (Wildman–Crippen MR) is 78.9 cm³/mol. The third-order valence-electron chi connectivity index (χ3n) is 3.30. The quantitative estimate of drug-likeness (QED) is 0.772. The molecule has 19 heavy (non-hydrogen) atoms. The van der Waals surface area contributed by atoms with Crippen molar-refractivity contribution in [3.8, 4) is 0 Å². The Morgan fingerprint density at radius 1 is 0.842 bits per heavy atom. The molecule has 3 rings (SSSR count). The van der Waals surface area contributed by atoms with Crippen LogP contribution in [-0.2, 0) is 13.0 Å². The molecule has 0 fully saturated rings. The lowest BCUT2D eigenvalue weighted by Crippen LogP contribution is -1.97. The first-order valence-electron chi connectivity index (χ1n) is 6.47. The van der Waals surface area contributed by atoms with E-state index < -0.39 is 0 Å². The monoisotopic (exact) mass is 248 g/mol. The van der Waals surface area contributed by atoms with E-state index in [4.69, 9.17) is 5.73 Å². The van der Waals surface area contributed by atoms with Crippen molar-refractivity contribution in [3.05, 3.63) is 77.5 Å². The number of fused-ring (bicyclic) bond motifs is 1. The summed E-state index contributed by atoms with van der Waals surface area (Å²) in [4.78, 5) is 4.34. The van der Waals surface area contributed by atoms with Gasteiger partial charge < -0.3 is 5.73 Å². The fourth-order valence-electron chi connectivity index (χ4n) is 2.34. The van der Waals surface area contributed by atoms with Crippen LogP contribution in [0.4, 0.5) is 0 Å². The highest BCUT2D eigenvalue weighted by Crippen LogP contribution is 2.17. The Morgan fingerprint density at radius 3 is 2.58 bits per heavy atom. The number of nitrogens with two attached hydrogens (primary N) is 1. The number of benzene rings is 2. The molecule has 0 saturated carbocycles. The van der Waals surface area contributed by atoms with Gasteiger partial charge in [-0.1, -0.05) is 36.4 Å². The van der Waals surface area contributed by atoms with Gasteiger partial charge in [0.25, 0.3) is 0 Å². The zero-order valence-electron chi connectivity index (χ0n) is 10.7. The summed E-state index contributed by atoms with van der Waals surface area (Å²) in [5, 5.41) is 1.19. The van der Waals surface area contributed by atoms with Gasteiger partial charge in [-0.05, 0) is 41.3 Å². The zero-order valence-corrected chi connectivity index (χ0v) is 10.7. The third-order valence-corrected chi connectivity index (χ3v) is 3.30. The van der Waals surface area contributed by atoms with Crippen LogP contribution in [0.3, 0.4) is 0 Å². The summed E-state index contributed by atoms with van der Waals surface area (Å²) in [5.41, 5.74) is 10.5. The second kappa shape index (κ2) is 5.21. The predicted octanol–water partition coefficient (Wildman–Crippen LogP) is 3.28. The molecule has 0 spiro atoms. The number of rotatable bonds is 3. The minimum Gasteiger partial charge on any atom is -0.326 e. The van der Waals surface area contributed by atoms with Gasteiger partial charge in [0.05, 0.1) is 5.52 Å². The van der Waals surface area contributed by atoms with Gasteiger partial charge in [-0.3, -0.25) is 4.98 Å². The van der Waals surface area contributed by atoms with Gasteiger partial charge in [0.1, 0.15) is 0 Å². The number of nitrogens with zero attached hydrogens (tertiary/aromatic N) is 1. The molecule has 0 unspecified atom stereocenters. The zero-order chi connectivity index (χ0) is 13.1. The molecule has 0 aliphatic carbocycles. The maximum absolute atomic E-state index is 5.68. The van der Waals surface area contributed by atoms with Crippen molar-refractivity contribution in [1.82, 2.24) is 4.98 Å². The highest BCUT2D eigenvalue weighted by atomic mass is 14.6. The Balaban J connectivity index is 1.92. The number of pyridine rings is 1. The van der Waals surface area contributed by atoms with Crippen LogP contribution in [0.1, 0.15) is 16.7 Å². The van der Waals surface area contributed by atoms with Gasteiger partial charge in [0.15, 0.2) is 0 Å². The molecule has 0 amide bonds. The largest absolute Gasteiger partial charge is 0.326 e. The summed E-state index contributed by atoms with van der Waals surface area (Å²) in [6.45, 7) is 0.593. The summed E-state index contributed by atoms with van der Waals surface area (Å²) in [5.74, 6) is 0. The molecule has 2 N–H and O–H groups in total. The van der Waals surface area contributed by atoms with Gasteiger partial charge in [-0.15, -0.1) is 0 Å². The number of hydrogen-bond donors (Lipinski definition) is 1. The van der Waals surface area contributed by atoms with E-state index in [0.717, 1.165) is 11.9 Å². The summed E-state index contributed by atoms with van der Waals surface area (Å²) in [6.07, 6.45) is 2.76. The van der Waals surface area contributed by atoms with Crippen LogP contribution in [0, 0.1) is 0 Å². The highest BCUT2D eigenvalue weighted by Gasteiger charge is 2.00. The first kappa shape index (κ1) is 11.9. The van der Waals surface area contributed by atoms with Gasteiger partial charge >= 0.3 is 0 Å². The molecule has 2 heteroatoms. The number of hydrogen-bond acceptors (Lipinski definition) is 2. The Morgan fingerprint density at radius 2 is 1.68 bits per heavy atom. The van der Waals surface area contributed by atoms with Crippen molar-refractivity contribution in [3.63, 3.8) is 0 Å². The highest BCUT2D eigenvalue weighted by molar-refractivity contribution is 5.79. The van der Waals surface area contributed by atoms with E-state index in [9.17, 15) is 0 Å². The van der Waals surface area contributed by atoms with Crippen LogP contribution in [0.2, 0.25) is 0 Å². The van der Waals surface area contributed by atoms with Crippen molar-refractivity contribution >= 4 is 10.9 Å². The standard InChI is InChI=1S/C17H16N2/c18-12-15-4-1-3-13(10-15)9-14-6-7-17-16(11-14)5-2-8-19-17/h1-8,10-11H,9,12,18H2. The minimum absolute atomic E-state index is 0.593. The third kappa shape index (κ3) is 2.64. The molecule has 0 aliphatic rings. The van der Waals surface area contributed by atoms with E-state index in [0.29, 0.717) is 6.54 Å². The molecule has 1 heterocycles. The molecule has 0 bridgehead atoms.